The number of carboxylic acids is 1. The summed E-state index contributed by atoms with van der Waals surface area (Å²) < 4.78 is 27.4. The number of amides is 1. The van der Waals surface area contributed by atoms with E-state index in [2.05, 4.69) is 15.4 Å². The standard InChI is InChI=1S/C23H28ClN3O5S2/c24-16-8-12-19(13-9-16)34(31,32)27-20(23(29)30)15-18-11-10-17(33-18)5-1-2-7-22(28)26-21-6-3-4-14-25-21/h6,8-13,20,25,27H,1-5,7,14-15H2,(H,26,28)(H,29,30). The van der Waals surface area contributed by atoms with Crippen molar-refractivity contribution in [3.05, 3.63) is 63.1 Å². The molecule has 1 atom stereocenters. The molecule has 184 valence electrons. The van der Waals surface area contributed by atoms with Gasteiger partial charge in [0.15, 0.2) is 0 Å². The van der Waals surface area contributed by atoms with Gasteiger partial charge in [-0.3, -0.25) is 9.59 Å². The number of halogens is 1. The summed E-state index contributed by atoms with van der Waals surface area (Å²) >= 11 is 7.25. The Bertz CT molecular complexity index is 1130. The molecule has 11 heteroatoms. The third-order valence-electron chi connectivity index (χ3n) is 5.24. The molecule has 0 saturated carbocycles. The fraction of sp³-hybridized carbons (Fsp3) is 0.391. The first-order valence-corrected chi connectivity index (χ1v) is 13.7. The van der Waals surface area contributed by atoms with Crippen LogP contribution in [-0.2, 0) is 32.5 Å². The van der Waals surface area contributed by atoms with Crippen LogP contribution >= 0.6 is 22.9 Å². The predicted molar refractivity (Wildman–Crippen MR) is 132 cm³/mol. The van der Waals surface area contributed by atoms with E-state index >= 15 is 0 Å². The molecule has 1 aromatic heterocycles. The van der Waals surface area contributed by atoms with Crippen molar-refractivity contribution in [1.29, 1.82) is 0 Å². The summed E-state index contributed by atoms with van der Waals surface area (Å²) in [7, 11) is -4.00. The molecule has 1 aliphatic rings. The van der Waals surface area contributed by atoms with Crippen molar-refractivity contribution in [2.75, 3.05) is 6.54 Å². The van der Waals surface area contributed by atoms with E-state index in [1.54, 1.807) is 0 Å². The smallest absolute Gasteiger partial charge is 0.322 e. The van der Waals surface area contributed by atoms with Crippen molar-refractivity contribution in [2.24, 2.45) is 0 Å². The van der Waals surface area contributed by atoms with Crippen LogP contribution in [0.3, 0.4) is 0 Å². The maximum absolute atomic E-state index is 12.6. The number of sulfonamides is 1. The van der Waals surface area contributed by atoms with Crippen molar-refractivity contribution in [3.63, 3.8) is 0 Å². The summed E-state index contributed by atoms with van der Waals surface area (Å²) in [6.07, 6.45) is 6.85. The molecule has 0 bridgehead atoms. The highest BCUT2D eigenvalue weighted by atomic mass is 35.5. The number of carboxylic acid groups (broad SMARTS) is 1. The van der Waals surface area contributed by atoms with E-state index in [0.29, 0.717) is 11.4 Å². The summed E-state index contributed by atoms with van der Waals surface area (Å²) in [4.78, 5) is 25.5. The van der Waals surface area contributed by atoms with Gasteiger partial charge in [0.1, 0.15) is 11.9 Å². The zero-order valence-corrected chi connectivity index (χ0v) is 20.9. The van der Waals surface area contributed by atoms with Crippen LogP contribution in [0.1, 0.15) is 41.9 Å². The Balaban J connectivity index is 1.47. The summed E-state index contributed by atoms with van der Waals surface area (Å²) in [5.74, 6) is -0.468. The molecule has 0 saturated heterocycles. The van der Waals surface area contributed by atoms with Gasteiger partial charge in [-0.25, -0.2) is 8.42 Å². The molecule has 3 rings (SSSR count). The minimum atomic E-state index is -4.00. The summed E-state index contributed by atoms with van der Waals surface area (Å²) in [6.45, 7) is 0.873. The van der Waals surface area contributed by atoms with E-state index in [1.165, 1.54) is 35.6 Å². The Morgan fingerprint density at radius 2 is 1.85 bits per heavy atom. The lowest BCUT2D eigenvalue weighted by atomic mass is 10.1. The Hall–Kier alpha value is -2.40. The molecule has 34 heavy (non-hydrogen) atoms. The van der Waals surface area contributed by atoms with Crippen LogP contribution in [0.25, 0.3) is 0 Å². The number of benzene rings is 1. The molecule has 2 aromatic rings. The number of unbranched alkanes of at least 4 members (excludes halogenated alkanes) is 1. The number of allylic oxidation sites excluding steroid dienone is 1. The predicted octanol–water partition coefficient (Wildman–Crippen LogP) is 3.43. The maximum Gasteiger partial charge on any atom is 0.322 e. The Morgan fingerprint density at radius 3 is 2.53 bits per heavy atom. The number of carbonyl (C=O) groups excluding carboxylic acids is 1. The van der Waals surface area contributed by atoms with Gasteiger partial charge in [-0.2, -0.15) is 4.72 Å². The number of hydrogen-bond donors (Lipinski definition) is 4. The van der Waals surface area contributed by atoms with Crippen LogP contribution in [0.2, 0.25) is 5.02 Å². The summed E-state index contributed by atoms with van der Waals surface area (Å²) in [5.41, 5.74) is 0. The molecule has 0 aliphatic carbocycles. The van der Waals surface area contributed by atoms with Gasteiger partial charge >= 0.3 is 5.97 Å². The van der Waals surface area contributed by atoms with Gasteiger partial charge in [0.2, 0.25) is 15.9 Å². The quantitative estimate of drug-likeness (QED) is 0.315. The molecule has 1 unspecified atom stereocenters. The first-order chi connectivity index (χ1) is 16.2. The minimum absolute atomic E-state index is 0.00945. The SMILES string of the molecule is O=C(CCCCc1ccc(CC(NS(=O)(=O)c2ccc(Cl)cc2)C(=O)O)s1)NC1=CCCCN1. The van der Waals surface area contributed by atoms with E-state index in [4.69, 9.17) is 11.6 Å². The maximum atomic E-state index is 12.6. The molecular weight excluding hydrogens is 498 g/mol. The number of rotatable bonds is 12. The first kappa shape index (κ1) is 26.2. The highest BCUT2D eigenvalue weighted by Gasteiger charge is 2.26. The van der Waals surface area contributed by atoms with Crippen molar-refractivity contribution in [1.82, 2.24) is 15.4 Å². The second-order valence-corrected chi connectivity index (χ2v) is 11.4. The van der Waals surface area contributed by atoms with E-state index in [-0.39, 0.29) is 17.2 Å². The highest BCUT2D eigenvalue weighted by molar-refractivity contribution is 7.89. The molecule has 1 aliphatic heterocycles. The normalized spacial score (nSPS) is 14.7. The molecule has 0 radical (unpaired) electrons. The zero-order chi connectivity index (χ0) is 24.6. The van der Waals surface area contributed by atoms with Crippen LogP contribution in [0.4, 0.5) is 0 Å². The molecule has 1 aromatic carbocycles. The van der Waals surface area contributed by atoms with Crippen molar-refractivity contribution < 1.29 is 23.1 Å². The van der Waals surface area contributed by atoms with Crippen molar-refractivity contribution >= 4 is 44.8 Å². The Kier molecular flexibility index (Phi) is 9.52. The summed E-state index contributed by atoms with van der Waals surface area (Å²) in [6, 6.07) is 7.98. The van der Waals surface area contributed by atoms with E-state index in [0.717, 1.165) is 54.2 Å². The lowest BCUT2D eigenvalue weighted by molar-refractivity contribution is -0.138. The molecule has 1 amide bonds. The van der Waals surface area contributed by atoms with Gasteiger partial charge in [-0.05, 0) is 74.6 Å². The second-order valence-electron chi connectivity index (χ2n) is 7.98. The third-order valence-corrected chi connectivity index (χ3v) is 8.14. The van der Waals surface area contributed by atoms with Gasteiger partial charge in [-0.1, -0.05) is 11.6 Å². The van der Waals surface area contributed by atoms with E-state index < -0.39 is 22.0 Å². The van der Waals surface area contributed by atoms with E-state index in [9.17, 15) is 23.1 Å². The van der Waals surface area contributed by atoms with Gasteiger partial charge in [0.05, 0.1) is 4.90 Å². The molecule has 2 heterocycles. The van der Waals surface area contributed by atoms with Crippen molar-refractivity contribution in [3.8, 4) is 0 Å². The molecule has 0 fully saturated rings. The van der Waals surface area contributed by atoms with Gasteiger partial charge in [0, 0.05) is 34.2 Å². The lowest BCUT2D eigenvalue weighted by Crippen LogP contribution is -2.42. The molecule has 0 spiro atoms. The zero-order valence-electron chi connectivity index (χ0n) is 18.6. The first-order valence-electron chi connectivity index (χ1n) is 11.0. The average Bonchev–Trinajstić information content (AvgIpc) is 3.24. The third kappa shape index (κ3) is 8.12. The number of aliphatic carboxylic acids is 1. The highest BCUT2D eigenvalue weighted by Crippen LogP contribution is 2.22. The van der Waals surface area contributed by atoms with Crippen molar-refractivity contribution in [2.45, 2.75) is 55.9 Å². The van der Waals surface area contributed by atoms with Gasteiger partial charge in [0.25, 0.3) is 0 Å². The fourth-order valence-corrected chi connectivity index (χ4v) is 5.87. The molecule has 4 N–H and O–H groups in total. The van der Waals surface area contributed by atoms with Crippen LogP contribution < -0.4 is 15.4 Å². The van der Waals surface area contributed by atoms with Crippen LogP contribution in [0.15, 0.2) is 53.2 Å². The van der Waals surface area contributed by atoms with Crippen LogP contribution in [0.5, 0.6) is 0 Å². The monoisotopic (exact) mass is 525 g/mol. The second kappa shape index (κ2) is 12.3. The lowest BCUT2D eigenvalue weighted by Gasteiger charge is -2.16. The van der Waals surface area contributed by atoms with Gasteiger partial charge in [-0.15, -0.1) is 11.3 Å². The molecule has 8 nitrogen and oxygen atoms in total. The Morgan fingerprint density at radius 1 is 1.12 bits per heavy atom. The van der Waals surface area contributed by atoms with Crippen LogP contribution in [-0.4, -0.2) is 38.0 Å². The number of thiophene rings is 1. The number of hydrogen-bond acceptors (Lipinski definition) is 6. The Labute approximate surface area is 208 Å². The van der Waals surface area contributed by atoms with Crippen LogP contribution in [0, 0.1) is 0 Å². The number of carbonyl (C=O) groups is 2. The number of aryl methyl sites for hydroxylation is 1. The topological polar surface area (TPSA) is 125 Å². The minimum Gasteiger partial charge on any atom is -0.480 e. The fourth-order valence-electron chi connectivity index (χ4n) is 3.45. The largest absolute Gasteiger partial charge is 0.480 e. The molecular formula is C23H28ClN3O5S2. The van der Waals surface area contributed by atoms with Gasteiger partial charge < -0.3 is 15.7 Å². The average molecular weight is 526 g/mol. The number of nitrogens with one attached hydrogen (secondary N) is 3. The summed E-state index contributed by atoms with van der Waals surface area (Å²) in [5, 5.41) is 16.0. The van der Waals surface area contributed by atoms with E-state index in [1.807, 2.05) is 18.2 Å².